The lowest BCUT2D eigenvalue weighted by Crippen LogP contribution is -2.63. The van der Waals surface area contributed by atoms with E-state index >= 15 is 0 Å². The molecule has 2 aliphatic rings. The van der Waals surface area contributed by atoms with Crippen molar-refractivity contribution in [3.8, 4) is 0 Å². The predicted octanol–water partition coefficient (Wildman–Crippen LogP) is 0.230. The summed E-state index contributed by atoms with van der Waals surface area (Å²) in [7, 11) is 0. The molecule has 0 saturated carbocycles. The number of piperazine rings is 1. The number of hydrogen-bond donors (Lipinski definition) is 2. The fourth-order valence-corrected chi connectivity index (χ4v) is 5.15. The molecule has 3 heterocycles. The van der Waals surface area contributed by atoms with Gasteiger partial charge in [-0.25, -0.2) is 4.68 Å². The van der Waals surface area contributed by atoms with E-state index in [1.807, 2.05) is 60.7 Å². The molecule has 1 aromatic heterocycles. The van der Waals surface area contributed by atoms with Gasteiger partial charge in [0.1, 0.15) is 18.7 Å². The van der Waals surface area contributed by atoms with Gasteiger partial charge in [0.15, 0.2) is 0 Å². The third-order valence-electron chi connectivity index (χ3n) is 7.30. The van der Waals surface area contributed by atoms with Gasteiger partial charge in [0.05, 0.1) is 32.1 Å². The summed E-state index contributed by atoms with van der Waals surface area (Å²) in [6, 6.07) is 18.2. The molecule has 0 bridgehead atoms. The molecule has 0 unspecified atom stereocenters. The van der Waals surface area contributed by atoms with Crippen LogP contribution >= 0.6 is 0 Å². The lowest BCUT2D eigenvalue weighted by Gasteiger charge is -2.41. The van der Waals surface area contributed by atoms with E-state index < -0.39 is 18.0 Å². The van der Waals surface area contributed by atoms with E-state index in [1.165, 1.54) is 0 Å². The maximum Gasteiger partial charge on any atom is 0.249 e. The van der Waals surface area contributed by atoms with E-state index in [0.29, 0.717) is 45.0 Å². The Hall–Kier alpha value is -4.13. The van der Waals surface area contributed by atoms with Gasteiger partial charge in [-0.15, -0.1) is 5.10 Å². The van der Waals surface area contributed by atoms with Crippen molar-refractivity contribution in [2.24, 2.45) is 0 Å². The second-order valence-corrected chi connectivity index (χ2v) is 10.4. The first-order valence-electron chi connectivity index (χ1n) is 14.3. The van der Waals surface area contributed by atoms with Gasteiger partial charge in [-0.05, 0) is 11.1 Å². The second-order valence-electron chi connectivity index (χ2n) is 10.4. The van der Waals surface area contributed by atoms with Crippen molar-refractivity contribution in [3.63, 3.8) is 0 Å². The standard InChI is InChI=1S/C30H37N7O5/c38-28-22-42-16-15-41-14-11-31-29(39)26(17-25-20-36(34-33-25)19-24-9-5-2-6-10-24)32-30(40)27-21-35(12-13-37(27)28)18-23-7-3-1-4-8-23/h1-10,20,26-27H,11-19,21-22H2,(H,31,39)(H,32,40)/t26-,27+/m1/s1. The first-order valence-corrected chi connectivity index (χ1v) is 14.3. The number of aromatic nitrogens is 3. The summed E-state index contributed by atoms with van der Waals surface area (Å²) in [6.45, 7) is 3.44. The Morgan fingerprint density at radius 3 is 2.31 bits per heavy atom. The van der Waals surface area contributed by atoms with E-state index in [0.717, 1.165) is 11.1 Å². The topological polar surface area (TPSA) is 131 Å². The number of amides is 3. The van der Waals surface area contributed by atoms with Crippen LogP contribution in [0.4, 0.5) is 0 Å². The Kier molecular flexibility index (Phi) is 10.3. The number of nitrogens with zero attached hydrogens (tertiary/aromatic N) is 5. The largest absolute Gasteiger partial charge is 0.377 e. The average Bonchev–Trinajstić information content (AvgIpc) is 3.44. The smallest absolute Gasteiger partial charge is 0.249 e. The Morgan fingerprint density at radius 1 is 0.833 bits per heavy atom. The third-order valence-corrected chi connectivity index (χ3v) is 7.30. The van der Waals surface area contributed by atoms with Crippen molar-refractivity contribution < 1.29 is 23.9 Å². The number of benzene rings is 2. The van der Waals surface area contributed by atoms with Crippen molar-refractivity contribution in [1.29, 1.82) is 0 Å². The van der Waals surface area contributed by atoms with Crippen LogP contribution in [0.3, 0.4) is 0 Å². The minimum Gasteiger partial charge on any atom is -0.377 e. The quantitative estimate of drug-likeness (QED) is 0.427. The highest BCUT2D eigenvalue weighted by atomic mass is 16.5. The van der Waals surface area contributed by atoms with Crippen molar-refractivity contribution in [2.75, 3.05) is 52.6 Å². The first-order chi connectivity index (χ1) is 20.5. The average molecular weight is 576 g/mol. The lowest BCUT2D eigenvalue weighted by molar-refractivity contribution is -0.148. The summed E-state index contributed by atoms with van der Waals surface area (Å²) < 4.78 is 12.8. The molecular formula is C30H37N7O5. The molecule has 12 heteroatoms. The minimum atomic E-state index is -0.915. The molecule has 42 heavy (non-hydrogen) atoms. The van der Waals surface area contributed by atoms with Gasteiger partial charge in [0, 0.05) is 45.3 Å². The molecule has 12 nitrogen and oxygen atoms in total. The number of carbonyl (C=O) groups is 3. The monoisotopic (exact) mass is 575 g/mol. The van der Waals surface area contributed by atoms with Crippen LogP contribution in [-0.2, 0) is 43.4 Å². The molecule has 2 fully saturated rings. The zero-order valence-corrected chi connectivity index (χ0v) is 23.6. The van der Waals surface area contributed by atoms with E-state index in [2.05, 4.69) is 25.8 Å². The van der Waals surface area contributed by atoms with Gasteiger partial charge in [-0.2, -0.15) is 0 Å². The number of carbonyl (C=O) groups excluding carboxylic acids is 3. The Bertz CT molecular complexity index is 1320. The van der Waals surface area contributed by atoms with Gasteiger partial charge in [-0.1, -0.05) is 65.9 Å². The van der Waals surface area contributed by atoms with Gasteiger partial charge in [0.2, 0.25) is 17.7 Å². The first kappa shape index (κ1) is 29.4. The van der Waals surface area contributed by atoms with Crippen molar-refractivity contribution in [2.45, 2.75) is 31.6 Å². The molecule has 5 rings (SSSR count). The van der Waals surface area contributed by atoms with E-state index in [4.69, 9.17) is 9.47 Å². The Labute approximate surface area is 244 Å². The highest BCUT2D eigenvalue weighted by molar-refractivity contribution is 5.92. The van der Waals surface area contributed by atoms with Gasteiger partial charge in [-0.3, -0.25) is 19.3 Å². The number of rotatable bonds is 6. The number of ether oxygens (including phenoxy) is 2. The zero-order valence-electron chi connectivity index (χ0n) is 23.6. The maximum atomic E-state index is 13.8. The van der Waals surface area contributed by atoms with Gasteiger partial charge >= 0.3 is 0 Å². The normalized spacial score (nSPS) is 21.5. The van der Waals surface area contributed by atoms with Gasteiger partial charge < -0.3 is 25.0 Å². The van der Waals surface area contributed by atoms with Crippen LogP contribution < -0.4 is 10.6 Å². The molecular weight excluding hydrogens is 538 g/mol. The lowest BCUT2D eigenvalue weighted by atomic mass is 10.1. The van der Waals surface area contributed by atoms with Crippen LogP contribution in [0.1, 0.15) is 16.8 Å². The molecule has 2 saturated heterocycles. The highest BCUT2D eigenvalue weighted by Crippen LogP contribution is 2.15. The number of nitrogens with one attached hydrogen (secondary N) is 2. The van der Waals surface area contributed by atoms with Crippen LogP contribution in [0.25, 0.3) is 0 Å². The maximum absolute atomic E-state index is 13.8. The molecule has 2 N–H and O–H groups in total. The summed E-state index contributed by atoms with van der Waals surface area (Å²) in [5.41, 5.74) is 2.75. The molecule has 0 radical (unpaired) electrons. The zero-order chi connectivity index (χ0) is 29.1. The van der Waals surface area contributed by atoms with E-state index in [1.54, 1.807) is 15.8 Å². The summed E-state index contributed by atoms with van der Waals surface area (Å²) in [4.78, 5) is 43.9. The fraction of sp³-hybridized carbons (Fsp3) is 0.433. The molecule has 2 aliphatic heterocycles. The summed E-state index contributed by atoms with van der Waals surface area (Å²) in [5, 5.41) is 14.2. The summed E-state index contributed by atoms with van der Waals surface area (Å²) in [6.07, 6.45) is 1.92. The third kappa shape index (κ3) is 8.21. The Morgan fingerprint density at radius 2 is 1.55 bits per heavy atom. The van der Waals surface area contributed by atoms with Crippen LogP contribution in [0, 0.1) is 0 Å². The van der Waals surface area contributed by atoms with Crippen LogP contribution in [0.15, 0.2) is 66.9 Å². The van der Waals surface area contributed by atoms with E-state index in [-0.39, 0.29) is 44.6 Å². The fourth-order valence-electron chi connectivity index (χ4n) is 5.15. The number of hydrogen-bond acceptors (Lipinski definition) is 8. The number of fused-ring (bicyclic) bond motifs is 1. The van der Waals surface area contributed by atoms with Crippen molar-refractivity contribution in [1.82, 2.24) is 35.4 Å². The summed E-state index contributed by atoms with van der Waals surface area (Å²) in [5.74, 6) is -1.02. The molecule has 0 aliphatic carbocycles. The molecule has 3 aromatic rings. The summed E-state index contributed by atoms with van der Waals surface area (Å²) >= 11 is 0. The van der Waals surface area contributed by atoms with Crippen LogP contribution in [0.2, 0.25) is 0 Å². The van der Waals surface area contributed by atoms with Crippen LogP contribution in [-0.4, -0.2) is 107 Å². The van der Waals surface area contributed by atoms with Crippen molar-refractivity contribution >= 4 is 17.7 Å². The SMILES string of the molecule is O=C1NCCOCCOCC(=O)N2CCN(Cc3ccccc3)C[C@H]2C(=O)N[C@@H]1Cc1cn(Cc2ccccc2)nn1. The minimum absolute atomic E-state index is 0.142. The highest BCUT2D eigenvalue weighted by Gasteiger charge is 2.37. The van der Waals surface area contributed by atoms with E-state index in [9.17, 15) is 14.4 Å². The predicted molar refractivity (Wildman–Crippen MR) is 153 cm³/mol. The molecule has 2 aromatic carbocycles. The molecule has 0 spiro atoms. The Balaban J connectivity index is 1.33. The molecule has 3 amide bonds. The molecule has 222 valence electrons. The van der Waals surface area contributed by atoms with Gasteiger partial charge in [0.25, 0.3) is 0 Å². The van der Waals surface area contributed by atoms with Crippen LogP contribution in [0.5, 0.6) is 0 Å². The second kappa shape index (κ2) is 14.7. The van der Waals surface area contributed by atoms with Crippen molar-refractivity contribution in [3.05, 3.63) is 83.7 Å². The molecule has 2 atom stereocenters.